The lowest BCUT2D eigenvalue weighted by Gasteiger charge is -2.61. The highest BCUT2D eigenvalue weighted by Crippen LogP contribution is 2.57. The molecule has 0 bridgehead atoms. The van der Waals surface area contributed by atoms with Gasteiger partial charge in [0.2, 0.25) is 0 Å². The molecule has 3 heteroatoms. The molecule has 0 amide bonds. The number of ether oxygens (including phenoxy) is 1. The van der Waals surface area contributed by atoms with Crippen molar-refractivity contribution in [1.82, 2.24) is 5.32 Å². The van der Waals surface area contributed by atoms with Gasteiger partial charge in [0.15, 0.2) is 0 Å². The Hall–Kier alpha value is -0.590. The Bertz CT molecular complexity index is 345. The zero-order valence-electron chi connectivity index (χ0n) is 11.3. The second kappa shape index (κ2) is 4.83. The highest BCUT2D eigenvalue weighted by molar-refractivity contribution is 5.13. The maximum absolute atomic E-state index is 9.16. The summed E-state index contributed by atoms with van der Waals surface area (Å²) < 4.78 is 5.88. The fraction of sp³-hybridized carbons (Fsp3) is 0.933. The molecule has 1 spiro atoms. The molecule has 3 fully saturated rings. The van der Waals surface area contributed by atoms with E-state index in [1.165, 1.54) is 32.1 Å². The Labute approximate surface area is 110 Å². The van der Waals surface area contributed by atoms with Crippen LogP contribution in [0.4, 0.5) is 0 Å². The summed E-state index contributed by atoms with van der Waals surface area (Å²) in [6, 6.07) is 3.53. The Kier molecular flexibility index (Phi) is 3.34. The van der Waals surface area contributed by atoms with Gasteiger partial charge in [0, 0.05) is 24.1 Å². The first-order valence-corrected chi connectivity index (χ1v) is 7.57. The Morgan fingerprint density at radius 2 is 2.17 bits per heavy atom. The van der Waals surface area contributed by atoms with E-state index in [9.17, 15) is 0 Å². The standard InChI is InChI=1S/C15H24N2O/c1-2-18-14-9-13(15(14)7-4-8-15)17-12-6-3-5-11(12)10-16/h11-14,17H,2-9H2,1H3. The van der Waals surface area contributed by atoms with Gasteiger partial charge >= 0.3 is 0 Å². The first-order chi connectivity index (χ1) is 8.80. The van der Waals surface area contributed by atoms with E-state index >= 15 is 0 Å². The predicted molar refractivity (Wildman–Crippen MR) is 70.0 cm³/mol. The number of nitrogens with zero attached hydrogens (tertiary/aromatic N) is 1. The molecule has 3 saturated carbocycles. The topological polar surface area (TPSA) is 45.0 Å². The van der Waals surface area contributed by atoms with Crippen LogP contribution in [0.2, 0.25) is 0 Å². The summed E-state index contributed by atoms with van der Waals surface area (Å²) in [4.78, 5) is 0. The van der Waals surface area contributed by atoms with Gasteiger partial charge in [-0.3, -0.25) is 0 Å². The molecule has 3 aliphatic carbocycles. The normalized spacial score (nSPS) is 41.1. The van der Waals surface area contributed by atoms with Crippen molar-refractivity contribution < 1.29 is 4.74 Å². The van der Waals surface area contributed by atoms with Gasteiger partial charge in [-0.1, -0.05) is 12.8 Å². The summed E-state index contributed by atoms with van der Waals surface area (Å²) in [7, 11) is 0. The van der Waals surface area contributed by atoms with E-state index < -0.39 is 0 Å². The zero-order chi connectivity index (χ0) is 12.6. The average molecular weight is 248 g/mol. The molecule has 3 nitrogen and oxygen atoms in total. The van der Waals surface area contributed by atoms with Gasteiger partial charge in [-0.2, -0.15) is 5.26 Å². The molecule has 0 radical (unpaired) electrons. The monoisotopic (exact) mass is 248 g/mol. The van der Waals surface area contributed by atoms with Crippen molar-refractivity contribution in [3.05, 3.63) is 0 Å². The van der Waals surface area contributed by atoms with Crippen LogP contribution < -0.4 is 5.32 Å². The van der Waals surface area contributed by atoms with E-state index in [1.54, 1.807) is 0 Å². The molecular formula is C15H24N2O. The maximum Gasteiger partial charge on any atom is 0.0672 e. The van der Waals surface area contributed by atoms with Crippen molar-refractivity contribution in [2.45, 2.75) is 70.1 Å². The van der Waals surface area contributed by atoms with Crippen molar-refractivity contribution in [2.75, 3.05) is 6.61 Å². The Balaban J connectivity index is 1.59. The molecule has 4 unspecified atom stereocenters. The molecule has 4 atom stereocenters. The number of hydrogen-bond acceptors (Lipinski definition) is 3. The molecule has 100 valence electrons. The number of hydrogen-bond donors (Lipinski definition) is 1. The van der Waals surface area contributed by atoms with E-state index in [4.69, 9.17) is 10.00 Å². The van der Waals surface area contributed by atoms with Gasteiger partial charge in [0.05, 0.1) is 18.1 Å². The van der Waals surface area contributed by atoms with E-state index in [0.717, 1.165) is 19.4 Å². The lowest BCUT2D eigenvalue weighted by Crippen LogP contribution is -2.68. The first-order valence-electron chi connectivity index (χ1n) is 7.57. The summed E-state index contributed by atoms with van der Waals surface area (Å²) in [5.41, 5.74) is 0.429. The number of nitriles is 1. The summed E-state index contributed by atoms with van der Waals surface area (Å²) >= 11 is 0. The fourth-order valence-corrected chi connectivity index (χ4v) is 4.24. The molecule has 3 aliphatic rings. The second-order valence-corrected chi connectivity index (χ2v) is 6.26. The molecule has 0 aromatic heterocycles. The van der Waals surface area contributed by atoms with Gasteiger partial charge < -0.3 is 10.1 Å². The summed E-state index contributed by atoms with van der Waals surface area (Å²) in [6.07, 6.45) is 9.11. The number of nitrogens with one attached hydrogen (secondary N) is 1. The molecule has 0 aromatic carbocycles. The van der Waals surface area contributed by atoms with E-state index in [1.807, 2.05) is 0 Å². The molecule has 18 heavy (non-hydrogen) atoms. The van der Waals surface area contributed by atoms with Crippen LogP contribution >= 0.6 is 0 Å². The summed E-state index contributed by atoms with van der Waals surface area (Å²) in [5.74, 6) is 0.244. The number of rotatable bonds is 4. The third-order valence-electron chi connectivity index (χ3n) is 5.53. The van der Waals surface area contributed by atoms with Crippen LogP contribution in [0.5, 0.6) is 0 Å². The minimum Gasteiger partial charge on any atom is -0.378 e. The zero-order valence-corrected chi connectivity index (χ0v) is 11.3. The fourth-order valence-electron chi connectivity index (χ4n) is 4.24. The SMILES string of the molecule is CCOC1CC(NC2CCCC2C#N)C12CCC2. The van der Waals surface area contributed by atoms with Crippen LogP contribution in [-0.4, -0.2) is 24.8 Å². The Morgan fingerprint density at radius 3 is 2.78 bits per heavy atom. The van der Waals surface area contributed by atoms with Crippen molar-refractivity contribution >= 4 is 0 Å². The van der Waals surface area contributed by atoms with Crippen LogP contribution in [0.15, 0.2) is 0 Å². The maximum atomic E-state index is 9.16. The van der Waals surface area contributed by atoms with Crippen LogP contribution in [0.3, 0.4) is 0 Å². The molecule has 0 heterocycles. The quantitative estimate of drug-likeness (QED) is 0.832. The molecule has 0 aromatic rings. The van der Waals surface area contributed by atoms with Gasteiger partial charge in [0.25, 0.3) is 0 Å². The van der Waals surface area contributed by atoms with E-state index in [-0.39, 0.29) is 5.92 Å². The second-order valence-electron chi connectivity index (χ2n) is 6.26. The van der Waals surface area contributed by atoms with Crippen molar-refractivity contribution in [3.63, 3.8) is 0 Å². The van der Waals surface area contributed by atoms with Gasteiger partial charge in [-0.05, 0) is 39.0 Å². The highest BCUT2D eigenvalue weighted by atomic mass is 16.5. The molecule has 0 saturated heterocycles. The first kappa shape index (κ1) is 12.4. The van der Waals surface area contributed by atoms with Crippen LogP contribution in [-0.2, 0) is 4.74 Å². The van der Waals surface area contributed by atoms with Crippen molar-refractivity contribution in [1.29, 1.82) is 5.26 Å². The van der Waals surface area contributed by atoms with Crippen LogP contribution in [0, 0.1) is 22.7 Å². The summed E-state index contributed by atoms with van der Waals surface area (Å²) in [5, 5.41) is 13.0. The molecule has 0 aliphatic heterocycles. The van der Waals surface area contributed by atoms with Gasteiger partial charge in [0.1, 0.15) is 0 Å². The molecular weight excluding hydrogens is 224 g/mol. The third-order valence-corrected chi connectivity index (χ3v) is 5.53. The minimum atomic E-state index is 0.244. The van der Waals surface area contributed by atoms with Crippen LogP contribution in [0.1, 0.15) is 51.9 Å². The highest BCUT2D eigenvalue weighted by Gasteiger charge is 2.59. The van der Waals surface area contributed by atoms with E-state index in [2.05, 4.69) is 18.3 Å². The lowest BCUT2D eigenvalue weighted by molar-refractivity contribution is -0.175. The lowest BCUT2D eigenvalue weighted by atomic mass is 9.51. The third kappa shape index (κ3) is 1.78. The molecule has 1 N–H and O–H groups in total. The molecule has 3 rings (SSSR count). The minimum absolute atomic E-state index is 0.244. The summed E-state index contributed by atoms with van der Waals surface area (Å²) in [6.45, 7) is 2.93. The van der Waals surface area contributed by atoms with E-state index in [0.29, 0.717) is 23.6 Å². The van der Waals surface area contributed by atoms with Crippen LogP contribution in [0.25, 0.3) is 0 Å². The van der Waals surface area contributed by atoms with Crippen molar-refractivity contribution in [3.8, 4) is 6.07 Å². The average Bonchev–Trinajstić information content (AvgIpc) is 2.72. The van der Waals surface area contributed by atoms with Gasteiger partial charge in [-0.25, -0.2) is 0 Å². The Morgan fingerprint density at radius 1 is 1.33 bits per heavy atom. The largest absolute Gasteiger partial charge is 0.378 e. The smallest absolute Gasteiger partial charge is 0.0672 e. The predicted octanol–water partition coefficient (Wildman–Crippen LogP) is 2.62. The van der Waals surface area contributed by atoms with Gasteiger partial charge in [-0.15, -0.1) is 0 Å². The van der Waals surface area contributed by atoms with Crippen molar-refractivity contribution in [2.24, 2.45) is 11.3 Å².